The van der Waals surface area contributed by atoms with E-state index in [1.165, 1.54) is 30.0 Å². The van der Waals surface area contributed by atoms with E-state index in [0.29, 0.717) is 28.8 Å². The van der Waals surface area contributed by atoms with Crippen LogP contribution >= 0.6 is 11.6 Å². The van der Waals surface area contributed by atoms with Crippen LogP contribution in [-0.2, 0) is 4.79 Å². The van der Waals surface area contributed by atoms with Gasteiger partial charge in [0.15, 0.2) is 11.6 Å². The van der Waals surface area contributed by atoms with Gasteiger partial charge in [-0.2, -0.15) is 9.97 Å². The second-order valence-corrected chi connectivity index (χ2v) is 13.3. The lowest BCUT2D eigenvalue weighted by atomic mass is 10.0. The SMILES string of the molecule is [C-]#[N+]C[C@H]1CN(c2nc(OCC3(CN4CCCC4)CC3)nc3c(F)c(-c4cccc5ccc(F)c(Cl)c45)ncc23)CCN1C(=O)C(=C)F. The molecule has 1 amide bonds. The van der Waals surface area contributed by atoms with Crippen LogP contribution in [0.5, 0.6) is 6.01 Å². The molecule has 0 spiro atoms. The zero-order valence-electron chi connectivity index (χ0n) is 26.2. The van der Waals surface area contributed by atoms with Crippen LogP contribution in [0.1, 0.15) is 25.7 Å². The van der Waals surface area contributed by atoms with Crippen molar-refractivity contribution in [2.24, 2.45) is 5.41 Å². The summed E-state index contributed by atoms with van der Waals surface area (Å²) in [6.45, 7) is 14.4. The average molecular weight is 676 g/mol. The van der Waals surface area contributed by atoms with Crippen molar-refractivity contribution in [3.63, 3.8) is 0 Å². The number of nitrogens with zero attached hydrogens (tertiary/aromatic N) is 7. The third-order valence-corrected chi connectivity index (χ3v) is 10.0. The van der Waals surface area contributed by atoms with Gasteiger partial charge in [0.25, 0.3) is 5.91 Å². The molecule has 48 heavy (non-hydrogen) atoms. The van der Waals surface area contributed by atoms with Crippen LogP contribution in [-0.4, -0.2) is 89.1 Å². The number of benzene rings is 2. The number of aromatic nitrogens is 3. The summed E-state index contributed by atoms with van der Waals surface area (Å²) in [7, 11) is 0. The maximum atomic E-state index is 16.7. The number of likely N-dealkylation sites (tertiary alicyclic amines) is 1. The Morgan fingerprint density at radius 2 is 1.92 bits per heavy atom. The van der Waals surface area contributed by atoms with Crippen molar-refractivity contribution < 1.29 is 22.7 Å². The highest BCUT2D eigenvalue weighted by Gasteiger charge is 2.45. The maximum absolute atomic E-state index is 16.7. The zero-order valence-corrected chi connectivity index (χ0v) is 26.9. The molecule has 1 atom stereocenters. The maximum Gasteiger partial charge on any atom is 0.319 e. The summed E-state index contributed by atoms with van der Waals surface area (Å²) in [5, 5.41) is 1.09. The first-order chi connectivity index (χ1) is 23.2. The van der Waals surface area contributed by atoms with Crippen molar-refractivity contribution in [1.82, 2.24) is 24.8 Å². The van der Waals surface area contributed by atoms with Gasteiger partial charge in [0.1, 0.15) is 28.9 Å². The molecule has 2 aromatic carbocycles. The van der Waals surface area contributed by atoms with Gasteiger partial charge in [-0.15, -0.1) is 0 Å². The van der Waals surface area contributed by atoms with Gasteiger partial charge < -0.3 is 24.3 Å². The Morgan fingerprint density at radius 3 is 2.65 bits per heavy atom. The largest absolute Gasteiger partial charge is 0.463 e. The number of carbonyl (C=O) groups is 1. The first kappa shape index (κ1) is 32.1. The third-order valence-electron chi connectivity index (χ3n) is 9.63. The molecule has 0 unspecified atom stereocenters. The quantitative estimate of drug-likeness (QED) is 0.149. The summed E-state index contributed by atoms with van der Waals surface area (Å²) in [6.07, 6.45) is 5.85. The molecule has 2 aromatic heterocycles. The number of hydrogen-bond acceptors (Lipinski definition) is 7. The molecule has 0 radical (unpaired) electrons. The van der Waals surface area contributed by atoms with Gasteiger partial charge in [-0.1, -0.05) is 42.4 Å². The van der Waals surface area contributed by atoms with Gasteiger partial charge in [0, 0.05) is 48.7 Å². The third kappa shape index (κ3) is 6.01. The standard InChI is InChI=1S/C35H33ClF3N7O2/c1-21(37)33(47)46-15-14-45(18-23(46)16-40-2)32-25-17-41-30(24-7-5-6-22-8-9-26(38)28(36)27(22)24)29(39)31(25)42-34(43-32)48-20-35(10-11-35)19-44-12-3-4-13-44/h5-9,17,23H,1,3-4,10-16,18-20H2/t23-/m0/s1. The van der Waals surface area contributed by atoms with E-state index in [4.69, 9.17) is 27.9 Å². The number of rotatable bonds is 9. The van der Waals surface area contributed by atoms with Gasteiger partial charge in [-0.05, 0) is 50.2 Å². The molecule has 3 fully saturated rings. The molecule has 9 nitrogen and oxygen atoms in total. The Labute approximate surface area is 280 Å². The molecule has 2 aliphatic heterocycles. The summed E-state index contributed by atoms with van der Waals surface area (Å²) in [6, 6.07) is 7.26. The van der Waals surface area contributed by atoms with Crippen LogP contribution < -0.4 is 9.64 Å². The van der Waals surface area contributed by atoms with Crippen molar-refractivity contribution in [1.29, 1.82) is 0 Å². The van der Waals surface area contributed by atoms with Crippen molar-refractivity contribution in [2.45, 2.75) is 31.7 Å². The predicted molar refractivity (Wildman–Crippen MR) is 177 cm³/mol. The smallest absolute Gasteiger partial charge is 0.319 e. The number of fused-ring (bicyclic) bond motifs is 2. The van der Waals surface area contributed by atoms with E-state index in [9.17, 15) is 13.6 Å². The van der Waals surface area contributed by atoms with Crippen molar-refractivity contribution in [2.75, 3.05) is 57.3 Å². The fourth-order valence-electron chi connectivity index (χ4n) is 6.91. The van der Waals surface area contributed by atoms with Crippen LogP contribution in [0.3, 0.4) is 0 Å². The van der Waals surface area contributed by atoms with Gasteiger partial charge in [-0.3, -0.25) is 9.78 Å². The van der Waals surface area contributed by atoms with E-state index >= 15 is 4.39 Å². The number of carbonyl (C=O) groups excluding carboxylic acids is 1. The molecular weight excluding hydrogens is 643 g/mol. The Kier molecular flexibility index (Phi) is 8.60. The predicted octanol–water partition coefficient (Wildman–Crippen LogP) is 6.45. The number of ether oxygens (including phenoxy) is 1. The van der Waals surface area contributed by atoms with E-state index in [-0.39, 0.29) is 59.2 Å². The molecule has 3 aliphatic rings. The van der Waals surface area contributed by atoms with Crippen molar-refractivity contribution in [3.8, 4) is 17.3 Å². The van der Waals surface area contributed by atoms with Crippen molar-refractivity contribution >= 4 is 45.0 Å². The molecule has 248 valence electrons. The Morgan fingerprint density at radius 1 is 1.12 bits per heavy atom. The number of hydrogen-bond donors (Lipinski definition) is 0. The summed E-state index contributed by atoms with van der Waals surface area (Å²) in [5.41, 5.74) is 0.172. The topological polar surface area (TPSA) is 79.1 Å². The zero-order chi connectivity index (χ0) is 33.6. The van der Waals surface area contributed by atoms with E-state index in [1.807, 2.05) is 4.90 Å². The van der Waals surface area contributed by atoms with E-state index in [2.05, 4.69) is 26.3 Å². The normalized spacial score (nSPS) is 19.1. The van der Waals surface area contributed by atoms with E-state index in [0.717, 1.165) is 32.5 Å². The molecular formula is C35H33ClF3N7O2. The highest BCUT2D eigenvalue weighted by atomic mass is 35.5. The number of anilines is 1. The molecule has 2 saturated heterocycles. The summed E-state index contributed by atoms with van der Waals surface area (Å²) in [5.74, 6) is -3.04. The minimum absolute atomic E-state index is 0.0133. The fourth-order valence-corrected chi connectivity index (χ4v) is 7.19. The highest BCUT2D eigenvalue weighted by Crippen LogP contribution is 2.47. The van der Waals surface area contributed by atoms with E-state index in [1.54, 1.807) is 24.3 Å². The molecule has 0 bridgehead atoms. The molecule has 1 aliphatic carbocycles. The molecule has 13 heteroatoms. The van der Waals surface area contributed by atoms with Gasteiger partial charge >= 0.3 is 6.01 Å². The van der Waals surface area contributed by atoms with Crippen molar-refractivity contribution in [3.05, 3.63) is 77.0 Å². The number of pyridine rings is 1. The van der Waals surface area contributed by atoms with Gasteiger partial charge in [-0.25, -0.2) is 19.7 Å². The monoisotopic (exact) mass is 675 g/mol. The molecule has 7 rings (SSSR count). The number of piperazine rings is 1. The molecule has 4 aromatic rings. The van der Waals surface area contributed by atoms with Crippen LogP contribution in [0.4, 0.5) is 19.0 Å². The molecule has 0 N–H and O–H groups in total. The first-order valence-corrected chi connectivity index (χ1v) is 16.4. The van der Waals surface area contributed by atoms with Crippen LogP contribution in [0, 0.1) is 23.6 Å². The second-order valence-electron chi connectivity index (χ2n) is 12.9. The van der Waals surface area contributed by atoms with Crippen LogP contribution in [0.2, 0.25) is 5.02 Å². The van der Waals surface area contributed by atoms with Crippen LogP contribution in [0.25, 0.3) is 37.8 Å². The highest BCUT2D eigenvalue weighted by molar-refractivity contribution is 6.36. The van der Waals surface area contributed by atoms with Gasteiger partial charge in [0.05, 0.1) is 17.0 Å². The second kappa shape index (κ2) is 12.9. The summed E-state index contributed by atoms with van der Waals surface area (Å²) >= 11 is 6.39. The van der Waals surface area contributed by atoms with Crippen LogP contribution in [0.15, 0.2) is 48.9 Å². The average Bonchev–Trinajstić information content (AvgIpc) is 3.66. The Balaban J connectivity index is 1.30. The number of halogens is 4. The Bertz CT molecular complexity index is 1980. The first-order valence-electron chi connectivity index (χ1n) is 16.0. The minimum Gasteiger partial charge on any atom is -0.463 e. The van der Waals surface area contributed by atoms with E-state index < -0.39 is 29.4 Å². The minimum atomic E-state index is -1.10. The lowest BCUT2D eigenvalue weighted by Gasteiger charge is -2.39. The molecule has 1 saturated carbocycles. The summed E-state index contributed by atoms with van der Waals surface area (Å²) < 4.78 is 51.4. The fraction of sp³-hybridized carbons (Fsp3) is 0.400. The molecule has 4 heterocycles. The van der Waals surface area contributed by atoms with Gasteiger partial charge in [0.2, 0.25) is 6.54 Å². The lowest BCUT2D eigenvalue weighted by Crippen LogP contribution is -2.56. The Hall–Kier alpha value is -4.47. The number of amides is 1. The lowest BCUT2D eigenvalue weighted by molar-refractivity contribution is -0.131. The summed E-state index contributed by atoms with van der Waals surface area (Å²) in [4.78, 5) is 35.3.